The summed E-state index contributed by atoms with van der Waals surface area (Å²) in [6.45, 7) is 2.03. The van der Waals surface area contributed by atoms with Crippen molar-refractivity contribution >= 4 is 39.1 Å². The molecule has 1 unspecified atom stereocenters. The molecular formula is C14H13BrCl2N2. The number of nitrogens with two attached hydrogens (primary N) is 1. The molecule has 5 heteroatoms. The average molecular weight is 360 g/mol. The monoisotopic (exact) mass is 358 g/mol. The molecule has 0 saturated heterocycles. The lowest BCUT2D eigenvalue weighted by Gasteiger charge is -2.20. The molecule has 0 saturated carbocycles. The summed E-state index contributed by atoms with van der Waals surface area (Å²) >= 11 is 15.9. The molecule has 1 atom stereocenters. The van der Waals surface area contributed by atoms with Crippen LogP contribution in [0.1, 0.15) is 22.7 Å². The molecule has 2 aromatic rings. The van der Waals surface area contributed by atoms with Gasteiger partial charge in [0.15, 0.2) is 0 Å². The van der Waals surface area contributed by atoms with E-state index in [0.717, 1.165) is 21.2 Å². The lowest BCUT2D eigenvalue weighted by molar-refractivity contribution is 0.634. The summed E-state index contributed by atoms with van der Waals surface area (Å²) in [5.74, 6) is 5.70. The molecule has 0 amide bonds. The SMILES string of the molecule is Cc1cccc(C(NN)c2cccc(Cl)c2Cl)c1Br. The van der Waals surface area contributed by atoms with Gasteiger partial charge < -0.3 is 0 Å². The Morgan fingerprint density at radius 3 is 2.42 bits per heavy atom. The Morgan fingerprint density at radius 2 is 1.74 bits per heavy atom. The van der Waals surface area contributed by atoms with Crippen molar-refractivity contribution in [3.8, 4) is 0 Å². The predicted molar refractivity (Wildman–Crippen MR) is 84.5 cm³/mol. The molecule has 19 heavy (non-hydrogen) atoms. The molecule has 100 valence electrons. The Balaban J connectivity index is 2.57. The average Bonchev–Trinajstić information content (AvgIpc) is 2.40. The second-order valence-corrected chi connectivity index (χ2v) is 5.80. The molecule has 0 aliphatic rings. The van der Waals surface area contributed by atoms with E-state index in [1.165, 1.54) is 0 Å². The topological polar surface area (TPSA) is 38.0 Å². The molecule has 0 aromatic heterocycles. The van der Waals surface area contributed by atoms with Crippen molar-refractivity contribution in [1.29, 1.82) is 0 Å². The summed E-state index contributed by atoms with van der Waals surface area (Å²) in [6, 6.07) is 11.3. The van der Waals surface area contributed by atoms with Gasteiger partial charge >= 0.3 is 0 Å². The van der Waals surface area contributed by atoms with E-state index in [4.69, 9.17) is 29.0 Å². The fourth-order valence-corrected chi connectivity index (χ4v) is 2.89. The van der Waals surface area contributed by atoms with E-state index in [2.05, 4.69) is 21.4 Å². The van der Waals surface area contributed by atoms with Gasteiger partial charge in [-0.05, 0) is 29.7 Å². The fraction of sp³-hybridized carbons (Fsp3) is 0.143. The van der Waals surface area contributed by atoms with E-state index in [1.807, 2.05) is 37.3 Å². The number of halogens is 3. The van der Waals surface area contributed by atoms with E-state index in [0.29, 0.717) is 10.0 Å². The quantitative estimate of drug-likeness (QED) is 0.620. The molecule has 2 aromatic carbocycles. The zero-order valence-corrected chi connectivity index (χ0v) is 13.4. The van der Waals surface area contributed by atoms with Gasteiger partial charge in [0.25, 0.3) is 0 Å². The Kier molecular flexibility index (Phi) is 4.87. The molecule has 0 radical (unpaired) electrons. The minimum Gasteiger partial charge on any atom is -0.271 e. The van der Waals surface area contributed by atoms with Gasteiger partial charge in [-0.2, -0.15) is 0 Å². The third-order valence-corrected chi connectivity index (χ3v) is 4.91. The fourth-order valence-electron chi connectivity index (χ4n) is 1.98. The molecule has 2 rings (SSSR count). The first-order valence-electron chi connectivity index (χ1n) is 5.71. The van der Waals surface area contributed by atoms with Crippen LogP contribution in [0.2, 0.25) is 10.0 Å². The normalized spacial score (nSPS) is 12.5. The molecule has 0 aliphatic heterocycles. The van der Waals surface area contributed by atoms with E-state index >= 15 is 0 Å². The van der Waals surface area contributed by atoms with Crippen LogP contribution in [0.4, 0.5) is 0 Å². The van der Waals surface area contributed by atoms with Crippen LogP contribution in [0.15, 0.2) is 40.9 Å². The zero-order valence-electron chi connectivity index (χ0n) is 10.3. The molecule has 2 nitrogen and oxygen atoms in total. The van der Waals surface area contributed by atoms with Gasteiger partial charge in [-0.1, -0.05) is 69.5 Å². The number of hydrogen-bond acceptors (Lipinski definition) is 2. The van der Waals surface area contributed by atoms with Gasteiger partial charge in [0, 0.05) is 4.47 Å². The minimum absolute atomic E-state index is 0.222. The second-order valence-electron chi connectivity index (χ2n) is 4.22. The van der Waals surface area contributed by atoms with Crippen molar-refractivity contribution < 1.29 is 0 Å². The number of hydrazine groups is 1. The van der Waals surface area contributed by atoms with E-state index in [1.54, 1.807) is 6.07 Å². The lowest BCUT2D eigenvalue weighted by atomic mass is 9.98. The van der Waals surface area contributed by atoms with Gasteiger partial charge in [-0.3, -0.25) is 5.84 Å². The molecule has 0 fully saturated rings. The summed E-state index contributed by atoms with van der Waals surface area (Å²) in [6.07, 6.45) is 0. The van der Waals surface area contributed by atoms with Crippen LogP contribution in [0, 0.1) is 6.92 Å². The smallest absolute Gasteiger partial charge is 0.0736 e. The van der Waals surface area contributed by atoms with Crippen molar-refractivity contribution in [3.63, 3.8) is 0 Å². The van der Waals surface area contributed by atoms with Gasteiger partial charge in [0.2, 0.25) is 0 Å². The third kappa shape index (κ3) is 2.96. The van der Waals surface area contributed by atoms with Crippen LogP contribution < -0.4 is 11.3 Å². The van der Waals surface area contributed by atoms with Crippen molar-refractivity contribution in [2.45, 2.75) is 13.0 Å². The van der Waals surface area contributed by atoms with Crippen LogP contribution >= 0.6 is 39.1 Å². The van der Waals surface area contributed by atoms with Crippen molar-refractivity contribution in [2.75, 3.05) is 0 Å². The van der Waals surface area contributed by atoms with Crippen molar-refractivity contribution in [3.05, 3.63) is 67.6 Å². The van der Waals surface area contributed by atoms with Crippen LogP contribution in [0.5, 0.6) is 0 Å². The Bertz CT molecular complexity index is 550. The highest BCUT2D eigenvalue weighted by molar-refractivity contribution is 9.10. The summed E-state index contributed by atoms with van der Waals surface area (Å²) in [4.78, 5) is 0. The zero-order chi connectivity index (χ0) is 14.0. The van der Waals surface area contributed by atoms with Gasteiger partial charge in [0.05, 0.1) is 16.1 Å². The number of benzene rings is 2. The maximum atomic E-state index is 6.27. The van der Waals surface area contributed by atoms with Gasteiger partial charge in [0.1, 0.15) is 0 Å². The molecular weight excluding hydrogens is 347 g/mol. The Morgan fingerprint density at radius 1 is 1.11 bits per heavy atom. The summed E-state index contributed by atoms with van der Waals surface area (Å²) in [5.41, 5.74) is 5.80. The number of nitrogens with one attached hydrogen (secondary N) is 1. The number of aryl methyl sites for hydroxylation is 1. The molecule has 0 bridgehead atoms. The molecule has 3 N–H and O–H groups in total. The van der Waals surface area contributed by atoms with Gasteiger partial charge in [-0.15, -0.1) is 0 Å². The van der Waals surface area contributed by atoms with Crippen LogP contribution in [-0.4, -0.2) is 0 Å². The van der Waals surface area contributed by atoms with E-state index in [-0.39, 0.29) is 6.04 Å². The highest BCUT2D eigenvalue weighted by Gasteiger charge is 2.19. The number of hydrogen-bond donors (Lipinski definition) is 2. The molecule has 0 spiro atoms. The molecule has 0 aliphatic carbocycles. The maximum absolute atomic E-state index is 6.27. The van der Waals surface area contributed by atoms with Crippen molar-refractivity contribution in [2.24, 2.45) is 5.84 Å². The first-order chi connectivity index (χ1) is 9.06. The predicted octanol–water partition coefficient (Wildman–Crippen LogP) is 4.62. The Hall–Kier alpha value is -0.580. The van der Waals surface area contributed by atoms with Crippen molar-refractivity contribution in [1.82, 2.24) is 5.43 Å². The lowest BCUT2D eigenvalue weighted by Crippen LogP contribution is -2.29. The first kappa shape index (κ1) is 14.8. The van der Waals surface area contributed by atoms with Gasteiger partial charge in [-0.25, -0.2) is 5.43 Å². The summed E-state index contributed by atoms with van der Waals surface area (Å²) in [7, 11) is 0. The molecule has 0 heterocycles. The Labute approximate surface area is 131 Å². The van der Waals surface area contributed by atoms with Crippen LogP contribution in [0.25, 0.3) is 0 Å². The van der Waals surface area contributed by atoms with Crippen LogP contribution in [0.3, 0.4) is 0 Å². The second kappa shape index (κ2) is 6.25. The summed E-state index contributed by atoms with van der Waals surface area (Å²) in [5, 5.41) is 1.03. The standard InChI is InChI=1S/C14H13BrCl2N2/c1-8-4-2-5-9(12(8)15)14(19-18)10-6-3-7-11(16)13(10)17/h2-7,14,19H,18H2,1H3. The highest BCUT2D eigenvalue weighted by atomic mass is 79.9. The third-order valence-electron chi connectivity index (χ3n) is 2.99. The first-order valence-corrected chi connectivity index (χ1v) is 7.26. The van der Waals surface area contributed by atoms with E-state index < -0.39 is 0 Å². The maximum Gasteiger partial charge on any atom is 0.0736 e. The summed E-state index contributed by atoms with van der Waals surface area (Å²) < 4.78 is 1.01. The number of rotatable bonds is 3. The largest absolute Gasteiger partial charge is 0.271 e. The minimum atomic E-state index is -0.222. The van der Waals surface area contributed by atoms with E-state index in [9.17, 15) is 0 Å². The highest BCUT2D eigenvalue weighted by Crippen LogP contribution is 2.36. The van der Waals surface area contributed by atoms with Crippen LogP contribution in [-0.2, 0) is 0 Å².